The maximum absolute atomic E-state index is 4.76. The van der Waals surface area contributed by atoms with Crippen molar-refractivity contribution in [1.82, 2.24) is 9.88 Å². The molecule has 3 rings (SSSR count). The van der Waals surface area contributed by atoms with Gasteiger partial charge < -0.3 is 5.32 Å². The maximum atomic E-state index is 4.76. The van der Waals surface area contributed by atoms with Crippen molar-refractivity contribution in [1.29, 1.82) is 0 Å². The molecule has 1 aliphatic carbocycles. The lowest BCUT2D eigenvalue weighted by Gasteiger charge is -2.27. The Morgan fingerprint density at radius 1 is 1.29 bits per heavy atom. The molecule has 0 spiro atoms. The molecule has 0 unspecified atom stereocenters. The highest BCUT2D eigenvalue weighted by molar-refractivity contribution is 5.81. The van der Waals surface area contributed by atoms with Crippen molar-refractivity contribution in [3.8, 4) is 0 Å². The zero-order valence-corrected chi connectivity index (χ0v) is 13.3. The van der Waals surface area contributed by atoms with Gasteiger partial charge in [0.15, 0.2) is 0 Å². The Morgan fingerprint density at radius 2 is 2.05 bits per heavy atom. The predicted molar refractivity (Wildman–Crippen MR) is 89.6 cm³/mol. The Balaban J connectivity index is 1.89. The van der Waals surface area contributed by atoms with E-state index in [1.807, 2.05) is 13.1 Å². The molecular formula is C18H25N3. The van der Waals surface area contributed by atoms with Crippen LogP contribution in [0.5, 0.6) is 0 Å². The second-order valence-electron chi connectivity index (χ2n) is 6.41. The maximum Gasteiger partial charge on any atom is 0.130 e. The van der Waals surface area contributed by atoms with E-state index in [9.17, 15) is 0 Å². The number of nitrogens with one attached hydrogen (secondary N) is 1. The average molecular weight is 283 g/mol. The number of pyridine rings is 1. The van der Waals surface area contributed by atoms with Crippen molar-refractivity contribution in [2.45, 2.75) is 39.3 Å². The Labute approximate surface area is 127 Å². The normalized spacial score (nSPS) is 15.1. The third kappa shape index (κ3) is 3.35. The van der Waals surface area contributed by atoms with Crippen molar-refractivity contribution in [3.63, 3.8) is 0 Å². The first-order valence-electron chi connectivity index (χ1n) is 7.98. The molecule has 1 saturated carbocycles. The van der Waals surface area contributed by atoms with Crippen LogP contribution in [0.25, 0.3) is 10.9 Å². The minimum atomic E-state index is 0.571. The number of hydrogen-bond acceptors (Lipinski definition) is 3. The Hall–Kier alpha value is -1.61. The van der Waals surface area contributed by atoms with Gasteiger partial charge >= 0.3 is 0 Å². The van der Waals surface area contributed by atoms with Crippen LogP contribution in [0.4, 0.5) is 5.82 Å². The lowest BCUT2D eigenvalue weighted by Crippen LogP contribution is -2.32. The van der Waals surface area contributed by atoms with E-state index >= 15 is 0 Å². The Morgan fingerprint density at radius 3 is 2.71 bits per heavy atom. The van der Waals surface area contributed by atoms with Crippen LogP contribution < -0.4 is 5.32 Å². The van der Waals surface area contributed by atoms with Crippen LogP contribution in [0.1, 0.15) is 32.3 Å². The summed E-state index contributed by atoms with van der Waals surface area (Å²) < 4.78 is 0. The van der Waals surface area contributed by atoms with Gasteiger partial charge in [-0.15, -0.1) is 0 Å². The second kappa shape index (κ2) is 6.02. The highest BCUT2D eigenvalue weighted by Crippen LogP contribution is 2.31. The fraction of sp³-hybridized carbons (Fsp3) is 0.500. The second-order valence-corrected chi connectivity index (χ2v) is 6.41. The van der Waals surface area contributed by atoms with Crippen molar-refractivity contribution < 1.29 is 0 Å². The molecule has 0 saturated heterocycles. The van der Waals surface area contributed by atoms with Gasteiger partial charge in [-0.2, -0.15) is 0 Å². The predicted octanol–water partition coefficient (Wildman–Crippen LogP) is 3.90. The quantitative estimate of drug-likeness (QED) is 0.871. The standard InChI is InChI=1S/C18H25N3/c1-13(2)21(11-14-8-9-14)12-16-10-15-6-4-5-7-17(15)20-18(16)19-3/h4-7,10,13-14H,8-9,11-12H2,1-3H3,(H,19,20). The van der Waals surface area contributed by atoms with Crippen LogP contribution in [-0.2, 0) is 6.54 Å². The number of fused-ring (bicyclic) bond motifs is 1. The van der Waals surface area contributed by atoms with E-state index in [0.29, 0.717) is 6.04 Å². The van der Waals surface area contributed by atoms with Gasteiger partial charge in [0.25, 0.3) is 0 Å². The van der Waals surface area contributed by atoms with Crippen molar-refractivity contribution in [3.05, 3.63) is 35.9 Å². The van der Waals surface area contributed by atoms with Crippen LogP contribution in [0, 0.1) is 5.92 Å². The summed E-state index contributed by atoms with van der Waals surface area (Å²) in [5, 5.41) is 4.49. The molecule has 112 valence electrons. The number of anilines is 1. The molecule has 21 heavy (non-hydrogen) atoms. The first-order valence-corrected chi connectivity index (χ1v) is 7.98. The SMILES string of the molecule is CNc1nc2ccccc2cc1CN(CC1CC1)C(C)C. The van der Waals surface area contributed by atoms with Gasteiger partial charge in [-0.1, -0.05) is 18.2 Å². The van der Waals surface area contributed by atoms with Gasteiger partial charge in [0.2, 0.25) is 0 Å². The Bertz CT molecular complexity index is 617. The minimum Gasteiger partial charge on any atom is -0.373 e. The zero-order valence-electron chi connectivity index (χ0n) is 13.3. The summed E-state index contributed by atoms with van der Waals surface area (Å²) in [6.45, 7) is 6.77. The smallest absolute Gasteiger partial charge is 0.130 e. The summed E-state index contributed by atoms with van der Waals surface area (Å²) >= 11 is 0. The molecule has 3 nitrogen and oxygen atoms in total. The van der Waals surface area contributed by atoms with Crippen LogP contribution in [0.3, 0.4) is 0 Å². The van der Waals surface area contributed by atoms with Crippen LogP contribution in [0.2, 0.25) is 0 Å². The molecule has 0 atom stereocenters. The topological polar surface area (TPSA) is 28.2 Å². The molecule has 3 heteroatoms. The van der Waals surface area contributed by atoms with Crippen LogP contribution in [0.15, 0.2) is 30.3 Å². The van der Waals surface area contributed by atoms with E-state index in [4.69, 9.17) is 4.98 Å². The summed E-state index contributed by atoms with van der Waals surface area (Å²) in [6, 6.07) is 11.2. The molecule has 1 fully saturated rings. The number of rotatable bonds is 6. The summed E-state index contributed by atoms with van der Waals surface area (Å²) in [6.07, 6.45) is 2.80. The number of benzene rings is 1. The molecule has 0 aliphatic heterocycles. The highest BCUT2D eigenvalue weighted by atomic mass is 15.2. The fourth-order valence-electron chi connectivity index (χ4n) is 2.81. The molecule has 1 N–H and O–H groups in total. The van der Waals surface area contributed by atoms with Gasteiger partial charge in [0, 0.05) is 37.1 Å². The zero-order chi connectivity index (χ0) is 14.8. The van der Waals surface area contributed by atoms with Gasteiger partial charge in [0.05, 0.1) is 5.52 Å². The van der Waals surface area contributed by atoms with E-state index in [1.54, 1.807) is 0 Å². The van der Waals surface area contributed by atoms with Gasteiger partial charge in [-0.25, -0.2) is 4.98 Å². The summed E-state index contributed by atoms with van der Waals surface area (Å²) in [5.41, 5.74) is 2.36. The summed E-state index contributed by atoms with van der Waals surface area (Å²) in [5.74, 6) is 1.92. The van der Waals surface area contributed by atoms with E-state index in [0.717, 1.165) is 23.8 Å². The number of hydrogen-bond donors (Lipinski definition) is 1. The lowest BCUT2D eigenvalue weighted by molar-refractivity contribution is 0.204. The number of para-hydroxylation sites is 1. The van der Waals surface area contributed by atoms with E-state index in [1.165, 1.54) is 30.3 Å². The molecular weight excluding hydrogens is 258 g/mol. The first-order chi connectivity index (χ1) is 10.2. The Kier molecular flexibility index (Phi) is 4.11. The van der Waals surface area contributed by atoms with E-state index < -0.39 is 0 Å². The van der Waals surface area contributed by atoms with Crippen LogP contribution in [-0.4, -0.2) is 29.5 Å². The molecule has 1 heterocycles. The van der Waals surface area contributed by atoms with Gasteiger partial charge in [0.1, 0.15) is 5.82 Å². The van der Waals surface area contributed by atoms with Gasteiger partial charge in [-0.3, -0.25) is 4.90 Å². The summed E-state index contributed by atoms with van der Waals surface area (Å²) in [4.78, 5) is 7.34. The van der Waals surface area contributed by atoms with E-state index in [2.05, 4.69) is 48.3 Å². The lowest BCUT2D eigenvalue weighted by atomic mass is 10.1. The van der Waals surface area contributed by atoms with Gasteiger partial charge in [-0.05, 0) is 44.7 Å². The molecule has 0 radical (unpaired) electrons. The molecule has 1 aliphatic rings. The monoisotopic (exact) mass is 283 g/mol. The molecule has 1 aromatic carbocycles. The van der Waals surface area contributed by atoms with E-state index in [-0.39, 0.29) is 0 Å². The average Bonchev–Trinajstić information content (AvgIpc) is 3.29. The summed E-state index contributed by atoms with van der Waals surface area (Å²) in [7, 11) is 1.96. The van der Waals surface area contributed by atoms with Crippen LogP contribution >= 0.6 is 0 Å². The molecule has 0 bridgehead atoms. The first kappa shape index (κ1) is 14.3. The minimum absolute atomic E-state index is 0.571. The fourth-order valence-corrected chi connectivity index (χ4v) is 2.81. The number of aromatic nitrogens is 1. The van der Waals surface area contributed by atoms with Crippen molar-refractivity contribution in [2.75, 3.05) is 18.9 Å². The highest BCUT2D eigenvalue weighted by Gasteiger charge is 2.26. The largest absolute Gasteiger partial charge is 0.373 e. The molecule has 2 aromatic rings. The number of nitrogens with zero attached hydrogens (tertiary/aromatic N) is 2. The third-order valence-corrected chi connectivity index (χ3v) is 4.33. The molecule has 0 amide bonds. The molecule has 1 aromatic heterocycles. The van der Waals surface area contributed by atoms with Crippen molar-refractivity contribution in [2.24, 2.45) is 5.92 Å². The third-order valence-electron chi connectivity index (χ3n) is 4.33. The van der Waals surface area contributed by atoms with Crippen molar-refractivity contribution >= 4 is 16.7 Å².